The highest BCUT2D eigenvalue weighted by atomic mass is 19.1. The first kappa shape index (κ1) is 19.3. The molecule has 0 spiro atoms. The van der Waals surface area contributed by atoms with E-state index in [0.717, 1.165) is 23.6 Å². The van der Waals surface area contributed by atoms with Gasteiger partial charge in [0.15, 0.2) is 0 Å². The van der Waals surface area contributed by atoms with Gasteiger partial charge in [0.25, 0.3) is 0 Å². The van der Waals surface area contributed by atoms with Gasteiger partial charge in [0, 0.05) is 12.6 Å². The van der Waals surface area contributed by atoms with Crippen molar-refractivity contribution in [1.29, 1.82) is 0 Å². The quantitative estimate of drug-likeness (QED) is 0.427. The van der Waals surface area contributed by atoms with Crippen LogP contribution in [0, 0.1) is 5.82 Å². The van der Waals surface area contributed by atoms with E-state index in [1.54, 1.807) is 17.1 Å². The summed E-state index contributed by atoms with van der Waals surface area (Å²) in [6.07, 6.45) is 3.69. The topological polar surface area (TPSA) is 41.7 Å². The number of nitrogens with zero attached hydrogens (tertiary/aromatic N) is 2. The first-order valence-electron chi connectivity index (χ1n) is 10.1. The van der Waals surface area contributed by atoms with E-state index in [4.69, 9.17) is 10.6 Å². The van der Waals surface area contributed by atoms with Crippen molar-refractivity contribution < 1.29 is 9.13 Å². The van der Waals surface area contributed by atoms with Crippen molar-refractivity contribution in [2.24, 2.45) is 5.84 Å². The second-order valence-electron chi connectivity index (χ2n) is 7.45. The van der Waals surface area contributed by atoms with E-state index >= 15 is 0 Å². The summed E-state index contributed by atoms with van der Waals surface area (Å²) < 4.78 is 18.8. The van der Waals surface area contributed by atoms with E-state index in [1.807, 2.05) is 30.3 Å². The number of halogens is 1. The van der Waals surface area contributed by atoms with E-state index in [0.29, 0.717) is 17.5 Å². The molecule has 2 N–H and O–H groups in total. The molecule has 1 heterocycles. The number of hydrogen-bond donors (Lipinski definition) is 1. The van der Waals surface area contributed by atoms with Crippen molar-refractivity contribution in [3.63, 3.8) is 0 Å². The first-order chi connectivity index (χ1) is 14.1. The molecular formula is C24H26FN3O. The van der Waals surface area contributed by atoms with Gasteiger partial charge < -0.3 is 9.64 Å². The van der Waals surface area contributed by atoms with Crippen LogP contribution in [0.1, 0.15) is 26.2 Å². The zero-order valence-corrected chi connectivity index (χ0v) is 16.6. The zero-order valence-electron chi connectivity index (χ0n) is 16.6. The van der Waals surface area contributed by atoms with Gasteiger partial charge in [0.2, 0.25) is 0 Å². The van der Waals surface area contributed by atoms with Crippen molar-refractivity contribution >= 4 is 17.1 Å². The molecule has 0 radical (unpaired) electrons. The fourth-order valence-electron chi connectivity index (χ4n) is 3.82. The van der Waals surface area contributed by atoms with E-state index in [-0.39, 0.29) is 5.82 Å². The summed E-state index contributed by atoms with van der Waals surface area (Å²) >= 11 is 0. The van der Waals surface area contributed by atoms with Gasteiger partial charge in [-0.15, -0.1) is 0 Å². The monoisotopic (exact) mass is 391 g/mol. The van der Waals surface area contributed by atoms with Crippen LogP contribution in [0.25, 0.3) is 0 Å². The molecule has 4 nitrogen and oxygen atoms in total. The van der Waals surface area contributed by atoms with Gasteiger partial charge in [-0.2, -0.15) is 0 Å². The van der Waals surface area contributed by atoms with E-state index in [2.05, 4.69) is 30.0 Å². The maximum absolute atomic E-state index is 13.0. The van der Waals surface area contributed by atoms with Crippen molar-refractivity contribution in [2.75, 3.05) is 16.5 Å². The van der Waals surface area contributed by atoms with Crippen LogP contribution >= 0.6 is 0 Å². The minimum atomic E-state index is -0.284. The molecule has 0 bridgehead atoms. The summed E-state index contributed by atoms with van der Waals surface area (Å²) in [6, 6.07) is 22.3. The Hall–Kier alpha value is -3.05. The molecule has 4 rings (SSSR count). The van der Waals surface area contributed by atoms with E-state index in [1.165, 1.54) is 31.4 Å². The Morgan fingerprint density at radius 2 is 1.59 bits per heavy atom. The molecule has 1 aliphatic rings. The van der Waals surface area contributed by atoms with Gasteiger partial charge in [-0.3, -0.25) is 5.01 Å². The number of rotatable bonds is 5. The molecule has 1 fully saturated rings. The number of ether oxygens (including phenoxy) is 1. The number of para-hydroxylation sites is 2. The van der Waals surface area contributed by atoms with Crippen LogP contribution < -0.4 is 20.5 Å². The maximum atomic E-state index is 13.0. The smallest absolute Gasteiger partial charge is 0.127 e. The molecular weight excluding hydrogens is 365 g/mol. The number of nitrogens with two attached hydrogens (primary N) is 1. The van der Waals surface area contributed by atoms with E-state index < -0.39 is 0 Å². The van der Waals surface area contributed by atoms with Crippen LogP contribution in [-0.4, -0.2) is 12.6 Å². The Morgan fingerprint density at radius 3 is 2.28 bits per heavy atom. The highest BCUT2D eigenvalue weighted by molar-refractivity contribution is 5.77. The third kappa shape index (κ3) is 4.35. The lowest BCUT2D eigenvalue weighted by Gasteiger charge is -2.37. The predicted molar refractivity (Wildman–Crippen MR) is 116 cm³/mol. The van der Waals surface area contributed by atoms with Crippen LogP contribution in [0.5, 0.6) is 11.5 Å². The van der Waals surface area contributed by atoms with Crippen LogP contribution in [-0.2, 0) is 0 Å². The van der Waals surface area contributed by atoms with Gasteiger partial charge in [0.1, 0.15) is 17.3 Å². The molecule has 0 amide bonds. The summed E-state index contributed by atoms with van der Waals surface area (Å²) in [5, 5.41) is 1.72. The lowest BCUT2D eigenvalue weighted by Crippen LogP contribution is -2.39. The number of hydrazine groups is 1. The van der Waals surface area contributed by atoms with Crippen molar-refractivity contribution in [3.05, 3.63) is 78.6 Å². The molecule has 0 aliphatic carbocycles. The second kappa shape index (κ2) is 8.53. The number of piperidine rings is 1. The minimum absolute atomic E-state index is 0.284. The largest absolute Gasteiger partial charge is 0.457 e. The van der Waals surface area contributed by atoms with Crippen LogP contribution in [0.4, 0.5) is 21.5 Å². The first-order valence-corrected chi connectivity index (χ1v) is 10.1. The van der Waals surface area contributed by atoms with Crippen LogP contribution in [0.3, 0.4) is 0 Å². The minimum Gasteiger partial charge on any atom is -0.457 e. The van der Waals surface area contributed by atoms with Crippen molar-refractivity contribution in [2.45, 2.75) is 32.2 Å². The Morgan fingerprint density at radius 1 is 0.931 bits per heavy atom. The maximum Gasteiger partial charge on any atom is 0.127 e. The summed E-state index contributed by atoms with van der Waals surface area (Å²) in [6.45, 7) is 3.33. The summed E-state index contributed by atoms with van der Waals surface area (Å²) in [5.74, 6) is 7.49. The highest BCUT2D eigenvalue weighted by Crippen LogP contribution is 2.36. The summed E-state index contributed by atoms with van der Waals surface area (Å²) in [7, 11) is 0. The molecule has 5 heteroatoms. The molecule has 29 heavy (non-hydrogen) atoms. The molecule has 0 aromatic heterocycles. The number of hydrogen-bond acceptors (Lipinski definition) is 4. The van der Waals surface area contributed by atoms with Crippen LogP contribution in [0.15, 0.2) is 72.8 Å². The molecule has 1 saturated heterocycles. The van der Waals surface area contributed by atoms with E-state index in [9.17, 15) is 4.39 Å². The Kier molecular flexibility index (Phi) is 5.67. The number of anilines is 3. The van der Waals surface area contributed by atoms with Crippen molar-refractivity contribution in [1.82, 2.24) is 0 Å². The molecule has 3 aromatic rings. The second-order valence-corrected chi connectivity index (χ2v) is 7.45. The fraction of sp³-hybridized carbons (Fsp3) is 0.250. The normalized spacial score (nSPS) is 16.5. The summed E-state index contributed by atoms with van der Waals surface area (Å²) in [4.78, 5) is 2.45. The Labute approximate surface area is 171 Å². The van der Waals surface area contributed by atoms with Gasteiger partial charge in [-0.05, 0) is 86.8 Å². The average molecular weight is 391 g/mol. The number of benzene rings is 3. The predicted octanol–water partition coefficient (Wildman–Crippen LogP) is 6.01. The summed E-state index contributed by atoms with van der Waals surface area (Å²) in [5.41, 5.74) is 3.01. The third-order valence-electron chi connectivity index (χ3n) is 5.42. The van der Waals surface area contributed by atoms with Gasteiger partial charge in [0.05, 0.1) is 17.1 Å². The third-order valence-corrected chi connectivity index (χ3v) is 5.42. The molecule has 0 saturated carbocycles. The SMILES string of the molecule is CC1CCCCN1c1ccccc1N(N)c1ccc(Oc2ccc(F)cc2)cc1. The van der Waals surface area contributed by atoms with Gasteiger partial charge in [-0.25, -0.2) is 10.2 Å². The Bertz CT molecular complexity index is 943. The van der Waals surface area contributed by atoms with Crippen molar-refractivity contribution in [3.8, 4) is 11.5 Å². The average Bonchev–Trinajstić information content (AvgIpc) is 2.76. The highest BCUT2D eigenvalue weighted by Gasteiger charge is 2.22. The lowest BCUT2D eigenvalue weighted by molar-refractivity contribution is 0.480. The lowest BCUT2D eigenvalue weighted by atomic mass is 10.0. The van der Waals surface area contributed by atoms with Gasteiger partial charge in [-0.1, -0.05) is 12.1 Å². The molecule has 1 unspecified atom stereocenters. The van der Waals surface area contributed by atoms with Crippen LogP contribution in [0.2, 0.25) is 0 Å². The zero-order chi connectivity index (χ0) is 20.2. The van der Waals surface area contributed by atoms with Gasteiger partial charge >= 0.3 is 0 Å². The molecule has 1 atom stereocenters. The molecule has 150 valence electrons. The molecule has 3 aromatic carbocycles. The Balaban J connectivity index is 1.54. The fourth-order valence-corrected chi connectivity index (χ4v) is 3.82. The standard InChI is InChI=1S/C24H26FN3O/c1-18-6-4-5-17-27(18)23-7-2-3-8-24(23)28(26)20-11-15-22(16-12-20)29-21-13-9-19(25)10-14-21/h2-3,7-16,18H,4-6,17,26H2,1H3. The molecule has 1 aliphatic heterocycles.